The molecule has 0 N–H and O–H groups in total. The molecule has 5 rings (SSSR count). The maximum atomic E-state index is 13.6. The highest BCUT2D eigenvalue weighted by atomic mass is 32.2. The van der Waals surface area contributed by atoms with Gasteiger partial charge in [0.05, 0.1) is 10.5 Å². The Hall–Kier alpha value is -2.97. The summed E-state index contributed by atoms with van der Waals surface area (Å²) in [6.45, 7) is 4.34. The van der Waals surface area contributed by atoms with Crippen molar-refractivity contribution < 1.29 is 4.79 Å². The molecule has 6 nitrogen and oxygen atoms in total. The minimum atomic E-state index is -0.166. The molecule has 0 unspecified atom stereocenters. The van der Waals surface area contributed by atoms with Crippen LogP contribution in [-0.4, -0.2) is 44.1 Å². The number of fused-ring (bicyclic) bond motifs is 1. The van der Waals surface area contributed by atoms with Gasteiger partial charge in [0.15, 0.2) is 0 Å². The van der Waals surface area contributed by atoms with Crippen molar-refractivity contribution in [2.75, 3.05) is 24.5 Å². The van der Waals surface area contributed by atoms with Gasteiger partial charge in [0.1, 0.15) is 15.8 Å². The lowest BCUT2D eigenvalue weighted by Crippen LogP contribution is -2.37. The molecule has 0 bridgehead atoms. The van der Waals surface area contributed by atoms with Crippen LogP contribution in [0.15, 0.2) is 64.4 Å². The summed E-state index contributed by atoms with van der Waals surface area (Å²) in [5.74, 6) is 1.13. The first kappa shape index (κ1) is 24.7. The van der Waals surface area contributed by atoms with E-state index >= 15 is 0 Å². The summed E-state index contributed by atoms with van der Waals surface area (Å²) in [5.41, 5.74) is 2.26. The minimum Gasteiger partial charge on any atom is -0.356 e. The first-order valence-electron chi connectivity index (χ1n) is 12.6. The number of hydrogen-bond acceptors (Lipinski definition) is 6. The van der Waals surface area contributed by atoms with Crippen molar-refractivity contribution in [1.29, 1.82) is 0 Å². The Kier molecular flexibility index (Phi) is 7.53. The van der Waals surface area contributed by atoms with E-state index in [9.17, 15) is 9.59 Å². The van der Waals surface area contributed by atoms with E-state index in [1.165, 1.54) is 17.3 Å². The van der Waals surface area contributed by atoms with Crippen LogP contribution in [0, 0.1) is 5.92 Å². The molecule has 0 saturated carbocycles. The minimum absolute atomic E-state index is 0.122. The van der Waals surface area contributed by atoms with Crippen molar-refractivity contribution in [3.8, 4) is 0 Å². The molecular weight excluding hydrogens is 488 g/mol. The number of nitrogens with zero attached hydrogens (tertiary/aromatic N) is 4. The van der Waals surface area contributed by atoms with Crippen LogP contribution in [0.2, 0.25) is 0 Å². The van der Waals surface area contributed by atoms with Gasteiger partial charge in [-0.2, -0.15) is 0 Å². The third kappa shape index (κ3) is 5.11. The number of unbranched alkanes of at least 4 members (excludes halogenated alkanes) is 1. The summed E-state index contributed by atoms with van der Waals surface area (Å²) in [6, 6.07) is 16.2. The van der Waals surface area contributed by atoms with E-state index in [1.807, 2.05) is 18.2 Å². The number of rotatable bonds is 7. The SMILES string of the molecule is CCCCN1C(=O)/C(=C/c2c(N3CCC(Cc4ccccc4)CC3)nc3ccccn3c2=O)SC1=S. The Bertz CT molecular complexity index is 1360. The molecule has 2 aliphatic heterocycles. The first-order chi connectivity index (χ1) is 17.5. The molecule has 2 aliphatic rings. The molecule has 3 aromatic rings. The zero-order valence-electron chi connectivity index (χ0n) is 20.4. The fourth-order valence-corrected chi connectivity index (χ4v) is 6.19. The van der Waals surface area contributed by atoms with Crippen LogP contribution in [0.4, 0.5) is 5.82 Å². The monoisotopic (exact) mass is 518 g/mol. The van der Waals surface area contributed by atoms with Crippen molar-refractivity contribution in [3.63, 3.8) is 0 Å². The van der Waals surface area contributed by atoms with Crippen LogP contribution < -0.4 is 10.5 Å². The molecule has 0 spiro atoms. The van der Waals surface area contributed by atoms with Gasteiger partial charge in [-0.25, -0.2) is 4.98 Å². The molecule has 2 aromatic heterocycles. The number of hydrogen-bond donors (Lipinski definition) is 0. The predicted molar refractivity (Wildman–Crippen MR) is 151 cm³/mol. The number of anilines is 1. The van der Waals surface area contributed by atoms with E-state index in [0.717, 1.165) is 45.2 Å². The molecular formula is C28H30N4O2S2. The highest BCUT2D eigenvalue weighted by Gasteiger charge is 2.33. The Morgan fingerprint density at radius 1 is 1.08 bits per heavy atom. The number of amides is 1. The maximum Gasteiger partial charge on any atom is 0.267 e. The summed E-state index contributed by atoms with van der Waals surface area (Å²) in [4.78, 5) is 36.0. The molecule has 1 amide bonds. The maximum absolute atomic E-state index is 13.6. The summed E-state index contributed by atoms with van der Waals surface area (Å²) in [5, 5.41) is 0. The summed E-state index contributed by atoms with van der Waals surface area (Å²) in [6.07, 6.45) is 8.44. The Labute approximate surface area is 221 Å². The molecule has 2 saturated heterocycles. The zero-order valence-corrected chi connectivity index (χ0v) is 22.1. The van der Waals surface area contributed by atoms with Gasteiger partial charge in [-0.05, 0) is 55.4 Å². The van der Waals surface area contributed by atoms with E-state index in [0.29, 0.717) is 38.7 Å². The fraction of sp³-hybridized carbons (Fsp3) is 0.357. The molecule has 2 fully saturated rings. The van der Waals surface area contributed by atoms with Gasteiger partial charge < -0.3 is 4.90 Å². The quantitative estimate of drug-likeness (QED) is 0.318. The van der Waals surface area contributed by atoms with Crippen molar-refractivity contribution in [1.82, 2.24) is 14.3 Å². The van der Waals surface area contributed by atoms with Crippen LogP contribution in [-0.2, 0) is 11.2 Å². The third-order valence-electron chi connectivity index (χ3n) is 6.91. The molecule has 0 aliphatic carbocycles. The number of carbonyl (C=O) groups is 1. The number of benzene rings is 1. The van der Waals surface area contributed by atoms with Gasteiger partial charge in [0, 0.05) is 25.8 Å². The molecule has 0 atom stereocenters. The molecule has 4 heterocycles. The van der Waals surface area contributed by atoms with E-state index in [4.69, 9.17) is 17.2 Å². The number of thioether (sulfide) groups is 1. The summed E-state index contributed by atoms with van der Waals surface area (Å²) < 4.78 is 2.10. The van der Waals surface area contributed by atoms with Gasteiger partial charge in [0.25, 0.3) is 11.5 Å². The fourth-order valence-electron chi connectivity index (χ4n) is 4.89. The van der Waals surface area contributed by atoms with Crippen LogP contribution in [0.25, 0.3) is 11.7 Å². The normalized spacial score (nSPS) is 18.1. The van der Waals surface area contributed by atoms with Gasteiger partial charge >= 0.3 is 0 Å². The topological polar surface area (TPSA) is 57.9 Å². The van der Waals surface area contributed by atoms with Crippen molar-refractivity contribution in [3.05, 3.63) is 81.1 Å². The van der Waals surface area contributed by atoms with Crippen LogP contribution in [0.5, 0.6) is 0 Å². The predicted octanol–water partition coefficient (Wildman–Crippen LogP) is 5.15. The zero-order chi connectivity index (χ0) is 25.1. The largest absolute Gasteiger partial charge is 0.356 e. The van der Waals surface area contributed by atoms with Gasteiger partial charge in [-0.3, -0.25) is 18.9 Å². The van der Waals surface area contributed by atoms with Crippen molar-refractivity contribution in [2.45, 2.75) is 39.0 Å². The van der Waals surface area contributed by atoms with Crippen LogP contribution >= 0.6 is 24.0 Å². The van der Waals surface area contributed by atoms with Crippen LogP contribution in [0.3, 0.4) is 0 Å². The first-order valence-corrected chi connectivity index (χ1v) is 13.8. The van der Waals surface area contributed by atoms with E-state index < -0.39 is 0 Å². The molecule has 1 aromatic carbocycles. The number of piperidine rings is 1. The standard InChI is InChI=1S/C28H30N4O2S2/c1-2-3-14-32-27(34)23(36-28(32)35)19-22-25(29-24-11-7-8-15-31(24)26(22)33)30-16-12-21(13-17-30)18-20-9-5-4-6-10-20/h4-11,15,19,21H,2-3,12-14,16-18H2,1H3/b23-19-. The molecule has 186 valence electrons. The van der Waals surface area contributed by atoms with E-state index in [1.54, 1.807) is 21.6 Å². The number of pyridine rings is 1. The lowest BCUT2D eigenvalue weighted by molar-refractivity contribution is -0.122. The third-order valence-corrected chi connectivity index (χ3v) is 8.29. The van der Waals surface area contributed by atoms with E-state index in [-0.39, 0.29) is 11.5 Å². The molecule has 0 radical (unpaired) electrons. The highest BCUT2D eigenvalue weighted by Crippen LogP contribution is 2.34. The van der Waals surface area contributed by atoms with Gasteiger partial charge in [-0.15, -0.1) is 0 Å². The summed E-state index contributed by atoms with van der Waals surface area (Å²) in [7, 11) is 0. The second-order valence-electron chi connectivity index (χ2n) is 9.39. The number of aromatic nitrogens is 2. The van der Waals surface area contributed by atoms with Crippen molar-refractivity contribution in [2.24, 2.45) is 5.92 Å². The van der Waals surface area contributed by atoms with Gasteiger partial charge in [0.2, 0.25) is 0 Å². The molecule has 8 heteroatoms. The summed E-state index contributed by atoms with van der Waals surface area (Å²) >= 11 is 6.75. The van der Waals surface area contributed by atoms with Gasteiger partial charge in [-0.1, -0.05) is 73.7 Å². The van der Waals surface area contributed by atoms with Crippen LogP contribution in [0.1, 0.15) is 43.7 Å². The number of carbonyl (C=O) groups excluding carboxylic acids is 1. The molecule has 36 heavy (non-hydrogen) atoms. The van der Waals surface area contributed by atoms with E-state index in [2.05, 4.69) is 42.2 Å². The second-order valence-corrected chi connectivity index (χ2v) is 11.1. The highest BCUT2D eigenvalue weighted by molar-refractivity contribution is 8.26. The Morgan fingerprint density at radius 3 is 2.58 bits per heavy atom. The average Bonchev–Trinajstić information content (AvgIpc) is 3.17. The average molecular weight is 519 g/mol. The Balaban J connectivity index is 1.45. The lowest BCUT2D eigenvalue weighted by atomic mass is 9.90. The number of thiocarbonyl (C=S) groups is 1. The second kappa shape index (κ2) is 11.0. The Morgan fingerprint density at radius 2 is 1.83 bits per heavy atom. The lowest BCUT2D eigenvalue weighted by Gasteiger charge is -2.33. The van der Waals surface area contributed by atoms with Crippen molar-refractivity contribution >= 4 is 51.7 Å². The smallest absolute Gasteiger partial charge is 0.267 e.